The average Bonchev–Trinajstić information content (AvgIpc) is 3.15. The molecule has 1 aliphatic rings. The number of aromatic nitrogens is 4. The molecule has 0 saturated heterocycles. The number of hydrogen-bond acceptors (Lipinski definition) is 5. The minimum atomic E-state index is -0.258. The summed E-state index contributed by atoms with van der Waals surface area (Å²) < 4.78 is 1.52. The van der Waals surface area contributed by atoms with Gasteiger partial charge in [0.25, 0.3) is 5.91 Å². The normalized spacial score (nSPS) is 14.8. The van der Waals surface area contributed by atoms with Crippen LogP contribution in [-0.4, -0.2) is 37.3 Å². The van der Waals surface area contributed by atoms with Crippen LogP contribution < -0.4 is 16.2 Å². The highest BCUT2D eigenvalue weighted by atomic mass is 32.1. The maximum absolute atomic E-state index is 12.1. The van der Waals surface area contributed by atoms with Gasteiger partial charge in [0.05, 0.1) is 5.69 Å². The van der Waals surface area contributed by atoms with E-state index in [1.807, 2.05) is 0 Å². The van der Waals surface area contributed by atoms with Crippen LogP contribution >= 0.6 is 12.2 Å². The van der Waals surface area contributed by atoms with Gasteiger partial charge in [-0.1, -0.05) is 19.3 Å². The van der Waals surface area contributed by atoms with Crippen molar-refractivity contribution < 1.29 is 4.79 Å². The Hall–Kier alpha value is -2.55. The number of rotatable bonds is 3. The van der Waals surface area contributed by atoms with Gasteiger partial charge in [0.1, 0.15) is 6.33 Å². The minimum Gasteiger partial charge on any atom is -0.359 e. The molecule has 8 nitrogen and oxygen atoms in total. The van der Waals surface area contributed by atoms with Crippen LogP contribution in [-0.2, 0) is 0 Å². The first-order valence-corrected chi connectivity index (χ1v) is 8.33. The van der Waals surface area contributed by atoms with Crippen LogP contribution in [0.4, 0.5) is 0 Å². The molecule has 1 aromatic heterocycles. The molecule has 1 aromatic carbocycles. The Labute approximate surface area is 145 Å². The van der Waals surface area contributed by atoms with Crippen LogP contribution in [0.25, 0.3) is 5.69 Å². The molecule has 1 heterocycles. The highest BCUT2D eigenvalue weighted by Gasteiger charge is 2.14. The Kier molecular flexibility index (Phi) is 5.32. The molecule has 3 rings (SSSR count). The quantitative estimate of drug-likeness (QED) is 0.566. The van der Waals surface area contributed by atoms with Crippen LogP contribution in [0.3, 0.4) is 0 Å². The zero-order valence-corrected chi connectivity index (χ0v) is 13.9. The number of carbonyl (C=O) groups excluding carboxylic acids is 1. The fourth-order valence-electron chi connectivity index (χ4n) is 2.70. The fraction of sp³-hybridized carbons (Fsp3) is 0.400. The number of benzene rings is 1. The lowest BCUT2D eigenvalue weighted by molar-refractivity contribution is 0.0943. The minimum absolute atomic E-state index is 0.258. The highest BCUT2D eigenvalue weighted by molar-refractivity contribution is 7.80. The summed E-state index contributed by atoms with van der Waals surface area (Å²) in [5, 5.41) is 14.6. The van der Waals surface area contributed by atoms with Crippen LogP contribution in [0.1, 0.15) is 42.5 Å². The Morgan fingerprint density at radius 1 is 1.12 bits per heavy atom. The molecule has 24 heavy (non-hydrogen) atoms. The third-order valence-corrected chi connectivity index (χ3v) is 4.19. The van der Waals surface area contributed by atoms with Crippen molar-refractivity contribution in [1.29, 1.82) is 0 Å². The van der Waals surface area contributed by atoms with E-state index in [1.165, 1.54) is 30.3 Å². The first kappa shape index (κ1) is 16.3. The molecule has 9 heteroatoms. The SMILES string of the molecule is O=C(NNC(=S)NC1CCCCC1)c1ccc(-n2cnnn2)cc1. The van der Waals surface area contributed by atoms with E-state index in [-0.39, 0.29) is 5.91 Å². The van der Waals surface area contributed by atoms with E-state index in [4.69, 9.17) is 12.2 Å². The molecule has 0 atom stereocenters. The summed E-state index contributed by atoms with van der Waals surface area (Å²) in [6.07, 6.45) is 7.46. The standard InChI is InChI=1S/C15H19N7OS/c23-14(18-19-15(24)17-12-4-2-1-3-5-12)11-6-8-13(9-7-11)22-10-16-20-21-22/h6-10,12H,1-5H2,(H,18,23)(H2,17,19,24). The van der Waals surface area contributed by atoms with Crippen LogP contribution in [0.5, 0.6) is 0 Å². The molecule has 3 N–H and O–H groups in total. The van der Waals surface area contributed by atoms with Crippen molar-refractivity contribution in [3.8, 4) is 5.69 Å². The van der Waals surface area contributed by atoms with Crippen LogP contribution in [0.15, 0.2) is 30.6 Å². The molecule has 0 aliphatic heterocycles. The summed E-state index contributed by atoms with van der Waals surface area (Å²) in [4.78, 5) is 12.1. The third kappa shape index (κ3) is 4.25. The molecule has 1 saturated carbocycles. The summed E-state index contributed by atoms with van der Waals surface area (Å²) in [6.45, 7) is 0. The molecule has 1 aliphatic carbocycles. The number of nitrogens with zero attached hydrogens (tertiary/aromatic N) is 4. The lowest BCUT2D eigenvalue weighted by atomic mass is 9.96. The molecule has 0 radical (unpaired) electrons. The van der Waals surface area contributed by atoms with Crippen molar-refractivity contribution in [2.75, 3.05) is 0 Å². The summed E-state index contributed by atoms with van der Waals surface area (Å²) in [5.41, 5.74) is 6.65. The lowest BCUT2D eigenvalue weighted by Gasteiger charge is -2.24. The maximum atomic E-state index is 12.1. The number of hydrazine groups is 1. The number of nitrogens with one attached hydrogen (secondary N) is 3. The summed E-state index contributed by atoms with van der Waals surface area (Å²) in [6, 6.07) is 7.33. The zero-order chi connectivity index (χ0) is 16.8. The van der Waals surface area contributed by atoms with Gasteiger partial charge in [-0.2, -0.15) is 0 Å². The molecule has 0 unspecified atom stereocenters. The average molecular weight is 345 g/mol. The van der Waals surface area contributed by atoms with Gasteiger partial charge in [0, 0.05) is 11.6 Å². The van der Waals surface area contributed by atoms with Gasteiger partial charge in [0.15, 0.2) is 5.11 Å². The van der Waals surface area contributed by atoms with E-state index in [0.29, 0.717) is 16.7 Å². The van der Waals surface area contributed by atoms with Crippen molar-refractivity contribution in [3.05, 3.63) is 36.2 Å². The second-order valence-corrected chi connectivity index (χ2v) is 6.10. The number of hydrogen-bond donors (Lipinski definition) is 3. The zero-order valence-electron chi connectivity index (χ0n) is 13.1. The number of thiocarbonyl (C=S) groups is 1. The van der Waals surface area contributed by atoms with Gasteiger partial charge in [0.2, 0.25) is 0 Å². The Morgan fingerprint density at radius 3 is 2.54 bits per heavy atom. The molecule has 0 bridgehead atoms. The molecular weight excluding hydrogens is 326 g/mol. The molecule has 2 aromatic rings. The van der Waals surface area contributed by atoms with Crippen LogP contribution in [0.2, 0.25) is 0 Å². The van der Waals surface area contributed by atoms with Crippen molar-refractivity contribution in [1.82, 2.24) is 36.4 Å². The van der Waals surface area contributed by atoms with E-state index in [0.717, 1.165) is 18.5 Å². The predicted molar refractivity (Wildman–Crippen MR) is 92.4 cm³/mol. The predicted octanol–water partition coefficient (Wildman–Crippen LogP) is 1.10. The highest BCUT2D eigenvalue weighted by Crippen LogP contribution is 2.17. The van der Waals surface area contributed by atoms with Crippen molar-refractivity contribution in [2.24, 2.45) is 0 Å². The number of tetrazole rings is 1. The second kappa shape index (κ2) is 7.82. The topological polar surface area (TPSA) is 96.8 Å². The molecule has 126 valence electrons. The Morgan fingerprint density at radius 2 is 1.88 bits per heavy atom. The van der Waals surface area contributed by atoms with Crippen LogP contribution in [0, 0.1) is 0 Å². The first-order valence-electron chi connectivity index (χ1n) is 7.92. The molecule has 0 spiro atoms. The smallest absolute Gasteiger partial charge is 0.269 e. The van der Waals surface area contributed by atoms with Gasteiger partial charge < -0.3 is 5.32 Å². The van der Waals surface area contributed by atoms with Gasteiger partial charge >= 0.3 is 0 Å². The van der Waals surface area contributed by atoms with E-state index >= 15 is 0 Å². The lowest BCUT2D eigenvalue weighted by Crippen LogP contribution is -2.50. The number of carbonyl (C=O) groups is 1. The Bertz CT molecular complexity index is 680. The van der Waals surface area contributed by atoms with E-state index in [2.05, 4.69) is 31.7 Å². The summed E-state index contributed by atoms with van der Waals surface area (Å²) >= 11 is 5.22. The van der Waals surface area contributed by atoms with Crippen molar-refractivity contribution in [3.63, 3.8) is 0 Å². The Balaban J connectivity index is 1.48. The first-order chi connectivity index (χ1) is 11.7. The van der Waals surface area contributed by atoms with Crippen molar-refractivity contribution >= 4 is 23.2 Å². The van der Waals surface area contributed by atoms with E-state index in [1.54, 1.807) is 24.3 Å². The summed E-state index contributed by atoms with van der Waals surface area (Å²) in [7, 11) is 0. The maximum Gasteiger partial charge on any atom is 0.269 e. The van der Waals surface area contributed by atoms with E-state index in [9.17, 15) is 4.79 Å². The van der Waals surface area contributed by atoms with Gasteiger partial charge in [-0.15, -0.1) is 5.10 Å². The van der Waals surface area contributed by atoms with E-state index < -0.39 is 0 Å². The number of amides is 1. The van der Waals surface area contributed by atoms with Gasteiger partial charge in [-0.3, -0.25) is 15.6 Å². The third-order valence-electron chi connectivity index (χ3n) is 3.97. The van der Waals surface area contributed by atoms with Gasteiger partial charge in [-0.05, 0) is 59.8 Å². The molecular formula is C15H19N7OS. The monoisotopic (exact) mass is 345 g/mol. The largest absolute Gasteiger partial charge is 0.359 e. The molecule has 1 amide bonds. The van der Waals surface area contributed by atoms with Crippen molar-refractivity contribution in [2.45, 2.75) is 38.1 Å². The van der Waals surface area contributed by atoms with Gasteiger partial charge in [-0.25, -0.2) is 4.68 Å². The second-order valence-electron chi connectivity index (χ2n) is 5.69. The summed E-state index contributed by atoms with van der Waals surface area (Å²) in [5.74, 6) is -0.258. The molecule has 1 fully saturated rings. The fourth-order valence-corrected chi connectivity index (χ4v) is 2.92.